The van der Waals surface area contributed by atoms with E-state index in [4.69, 9.17) is 5.73 Å². The van der Waals surface area contributed by atoms with Crippen molar-refractivity contribution in [3.63, 3.8) is 0 Å². The Morgan fingerprint density at radius 1 is 1.44 bits per heavy atom. The highest BCUT2D eigenvalue weighted by Crippen LogP contribution is 2.29. The highest BCUT2D eigenvalue weighted by Gasteiger charge is 2.30. The zero-order valence-corrected chi connectivity index (χ0v) is 11.8. The van der Waals surface area contributed by atoms with Gasteiger partial charge in [0.2, 0.25) is 0 Å². The van der Waals surface area contributed by atoms with Gasteiger partial charge in [0.05, 0.1) is 11.7 Å². The average Bonchev–Trinajstić information content (AvgIpc) is 2.62. The number of hydrogen-bond donors (Lipinski definition) is 1. The second-order valence-electron chi connectivity index (χ2n) is 5.87. The van der Waals surface area contributed by atoms with E-state index in [0.717, 1.165) is 19.5 Å². The van der Waals surface area contributed by atoms with Crippen LogP contribution in [0.4, 0.5) is 0 Å². The van der Waals surface area contributed by atoms with Crippen LogP contribution >= 0.6 is 0 Å². The van der Waals surface area contributed by atoms with Crippen LogP contribution in [0.15, 0.2) is 12.3 Å². The van der Waals surface area contributed by atoms with E-state index in [9.17, 15) is 0 Å². The molecule has 0 aliphatic carbocycles. The molecule has 1 aliphatic heterocycles. The molecule has 1 saturated heterocycles. The van der Waals surface area contributed by atoms with Crippen LogP contribution in [-0.2, 0) is 7.05 Å². The fourth-order valence-electron chi connectivity index (χ4n) is 3.02. The Morgan fingerprint density at radius 3 is 2.83 bits per heavy atom. The summed E-state index contributed by atoms with van der Waals surface area (Å²) in [5, 5.41) is 4.30. The van der Waals surface area contributed by atoms with Gasteiger partial charge in [-0.25, -0.2) is 0 Å². The van der Waals surface area contributed by atoms with Crippen molar-refractivity contribution >= 4 is 0 Å². The molecular formula is C14H26N4. The highest BCUT2D eigenvalue weighted by molar-refractivity contribution is 5.11. The zero-order chi connectivity index (χ0) is 13.1. The minimum Gasteiger partial charge on any atom is -0.326 e. The molecule has 2 rings (SSSR count). The van der Waals surface area contributed by atoms with Gasteiger partial charge in [-0.3, -0.25) is 9.58 Å². The predicted octanol–water partition coefficient (Wildman–Crippen LogP) is 1.93. The maximum atomic E-state index is 6.42. The summed E-state index contributed by atoms with van der Waals surface area (Å²) >= 11 is 0. The molecule has 1 aliphatic rings. The van der Waals surface area contributed by atoms with Crippen molar-refractivity contribution in [1.29, 1.82) is 0 Å². The minimum atomic E-state index is 0.224. The lowest BCUT2D eigenvalue weighted by Gasteiger charge is -2.34. The van der Waals surface area contributed by atoms with Gasteiger partial charge in [0.15, 0.2) is 0 Å². The number of aryl methyl sites for hydroxylation is 1. The van der Waals surface area contributed by atoms with Gasteiger partial charge in [-0.05, 0) is 31.4 Å². The standard InChI is InChI=1S/C14H26N4/c1-11(2)10-18-9-5-4-6-12(15)14(18)13-7-8-16-17(13)3/h7-8,11-12,14H,4-6,9-10,15H2,1-3H3. The average molecular weight is 250 g/mol. The summed E-state index contributed by atoms with van der Waals surface area (Å²) in [6, 6.07) is 2.66. The third-order valence-corrected chi connectivity index (χ3v) is 3.79. The van der Waals surface area contributed by atoms with Gasteiger partial charge >= 0.3 is 0 Å². The maximum absolute atomic E-state index is 6.42. The topological polar surface area (TPSA) is 47.1 Å². The Balaban J connectivity index is 2.26. The van der Waals surface area contributed by atoms with Gasteiger partial charge in [-0.1, -0.05) is 20.3 Å². The summed E-state index contributed by atoms with van der Waals surface area (Å²) in [4.78, 5) is 2.55. The molecule has 102 valence electrons. The number of hydrogen-bond acceptors (Lipinski definition) is 3. The molecule has 4 heteroatoms. The molecule has 0 aromatic carbocycles. The first kappa shape index (κ1) is 13.6. The lowest BCUT2D eigenvalue weighted by molar-refractivity contribution is 0.159. The van der Waals surface area contributed by atoms with E-state index < -0.39 is 0 Å². The summed E-state index contributed by atoms with van der Waals surface area (Å²) in [5.74, 6) is 0.672. The molecule has 18 heavy (non-hydrogen) atoms. The Morgan fingerprint density at radius 2 is 2.22 bits per heavy atom. The SMILES string of the molecule is CC(C)CN1CCCCC(N)C1c1ccnn1C. The van der Waals surface area contributed by atoms with E-state index in [-0.39, 0.29) is 6.04 Å². The van der Waals surface area contributed by atoms with Crippen molar-refractivity contribution in [1.82, 2.24) is 14.7 Å². The first-order valence-electron chi connectivity index (χ1n) is 7.07. The molecule has 1 aromatic rings. The quantitative estimate of drug-likeness (QED) is 0.891. The van der Waals surface area contributed by atoms with E-state index in [1.54, 1.807) is 0 Å². The lowest BCUT2D eigenvalue weighted by atomic mass is 10.00. The third kappa shape index (κ3) is 2.93. The van der Waals surface area contributed by atoms with Gasteiger partial charge in [0.25, 0.3) is 0 Å². The van der Waals surface area contributed by atoms with Crippen LogP contribution in [0, 0.1) is 5.92 Å². The van der Waals surface area contributed by atoms with Crippen molar-refractivity contribution in [3.05, 3.63) is 18.0 Å². The molecule has 0 amide bonds. The van der Waals surface area contributed by atoms with Gasteiger partial charge < -0.3 is 5.73 Å². The second-order valence-corrected chi connectivity index (χ2v) is 5.87. The fourth-order valence-corrected chi connectivity index (χ4v) is 3.02. The summed E-state index contributed by atoms with van der Waals surface area (Å²) in [7, 11) is 2.01. The zero-order valence-electron chi connectivity index (χ0n) is 11.8. The van der Waals surface area contributed by atoms with Crippen molar-refractivity contribution in [2.24, 2.45) is 18.7 Å². The normalized spacial score (nSPS) is 26.5. The Labute approximate surface area is 110 Å². The van der Waals surface area contributed by atoms with Crippen LogP contribution in [0.2, 0.25) is 0 Å². The summed E-state index contributed by atoms with van der Waals surface area (Å²) in [6.07, 6.45) is 5.49. The van der Waals surface area contributed by atoms with Crippen molar-refractivity contribution in [2.75, 3.05) is 13.1 Å². The number of nitrogens with zero attached hydrogens (tertiary/aromatic N) is 3. The number of nitrogens with two attached hydrogens (primary N) is 1. The van der Waals surface area contributed by atoms with Gasteiger partial charge in [0.1, 0.15) is 0 Å². The molecule has 2 heterocycles. The van der Waals surface area contributed by atoms with E-state index >= 15 is 0 Å². The molecule has 2 atom stereocenters. The molecule has 1 fully saturated rings. The van der Waals surface area contributed by atoms with Crippen LogP contribution in [0.5, 0.6) is 0 Å². The molecular weight excluding hydrogens is 224 g/mol. The first-order chi connectivity index (χ1) is 8.59. The third-order valence-electron chi connectivity index (χ3n) is 3.79. The first-order valence-corrected chi connectivity index (χ1v) is 7.07. The highest BCUT2D eigenvalue weighted by atomic mass is 15.3. The summed E-state index contributed by atoms with van der Waals surface area (Å²) in [5.41, 5.74) is 7.68. The predicted molar refractivity (Wildman–Crippen MR) is 74.2 cm³/mol. The molecule has 0 bridgehead atoms. The molecule has 2 N–H and O–H groups in total. The van der Waals surface area contributed by atoms with Crippen LogP contribution in [0.25, 0.3) is 0 Å². The second kappa shape index (κ2) is 5.85. The molecule has 2 unspecified atom stereocenters. The van der Waals surface area contributed by atoms with E-state index in [0.29, 0.717) is 12.0 Å². The van der Waals surface area contributed by atoms with Crippen molar-refractivity contribution in [2.45, 2.75) is 45.2 Å². The van der Waals surface area contributed by atoms with E-state index in [2.05, 4.69) is 29.9 Å². The van der Waals surface area contributed by atoms with Crippen molar-refractivity contribution < 1.29 is 0 Å². The number of rotatable bonds is 3. The fraction of sp³-hybridized carbons (Fsp3) is 0.786. The minimum absolute atomic E-state index is 0.224. The van der Waals surface area contributed by atoms with Gasteiger partial charge in [0, 0.05) is 25.8 Å². The lowest BCUT2D eigenvalue weighted by Crippen LogP contribution is -2.42. The smallest absolute Gasteiger partial charge is 0.0670 e. The number of likely N-dealkylation sites (tertiary alicyclic amines) is 1. The Kier molecular flexibility index (Phi) is 4.40. The Hall–Kier alpha value is -0.870. The molecule has 0 spiro atoms. The molecule has 0 saturated carbocycles. The van der Waals surface area contributed by atoms with E-state index in [1.165, 1.54) is 18.5 Å². The van der Waals surface area contributed by atoms with Crippen LogP contribution in [0.1, 0.15) is 44.8 Å². The van der Waals surface area contributed by atoms with Crippen LogP contribution < -0.4 is 5.73 Å². The van der Waals surface area contributed by atoms with Crippen molar-refractivity contribution in [3.8, 4) is 0 Å². The van der Waals surface area contributed by atoms with Crippen LogP contribution in [0.3, 0.4) is 0 Å². The van der Waals surface area contributed by atoms with Gasteiger partial charge in [-0.15, -0.1) is 0 Å². The molecule has 1 aromatic heterocycles. The molecule has 0 radical (unpaired) electrons. The molecule has 4 nitrogen and oxygen atoms in total. The summed E-state index contributed by atoms with van der Waals surface area (Å²) < 4.78 is 1.98. The largest absolute Gasteiger partial charge is 0.326 e. The van der Waals surface area contributed by atoms with Gasteiger partial charge in [-0.2, -0.15) is 5.10 Å². The maximum Gasteiger partial charge on any atom is 0.0670 e. The monoisotopic (exact) mass is 250 g/mol. The Bertz CT molecular complexity index is 372. The number of aromatic nitrogens is 2. The summed E-state index contributed by atoms with van der Waals surface area (Å²) in [6.45, 7) is 6.82. The van der Waals surface area contributed by atoms with Crippen LogP contribution in [-0.4, -0.2) is 33.8 Å². The van der Waals surface area contributed by atoms with E-state index in [1.807, 2.05) is 17.9 Å².